The number of benzene rings is 2. The number of hydrogen-bond donors (Lipinski definition) is 1. The quantitative estimate of drug-likeness (QED) is 0.824. The predicted octanol–water partition coefficient (Wildman–Crippen LogP) is 3.58. The number of rotatable bonds is 6. The molecule has 0 bridgehead atoms. The number of carbonyl (C=O) groups excluding carboxylic acids is 2. The summed E-state index contributed by atoms with van der Waals surface area (Å²) in [4.78, 5) is 24.0. The van der Waals surface area contributed by atoms with Gasteiger partial charge < -0.3 is 14.8 Å². The van der Waals surface area contributed by atoms with Crippen molar-refractivity contribution >= 4 is 17.6 Å². The molecule has 1 amide bonds. The first-order valence-electron chi connectivity index (χ1n) is 7.81. The Morgan fingerprint density at radius 1 is 1.12 bits per heavy atom. The first-order chi connectivity index (χ1) is 11.5. The van der Waals surface area contributed by atoms with Gasteiger partial charge >= 0.3 is 5.97 Å². The maximum atomic E-state index is 12.3. The maximum absolute atomic E-state index is 12.3. The minimum atomic E-state index is -0.642. The molecule has 0 saturated heterocycles. The van der Waals surface area contributed by atoms with Gasteiger partial charge in [0.25, 0.3) is 5.91 Å². The average Bonchev–Trinajstić information content (AvgIpc) is 2.57. The van der Waals surface area contributed by atoms with Gasteiger partial charge in [0.1, 0.15) is 5.75 Å². The molecule has 0 aliphatic heterocycles. The van der Waals surface area contributed by atoms with Crippen molar-refractivity contribution in [2.24, 2.45) is 0 Å². The summed E-state index contributed by atoms with van der Waals surface area (Å²) in [6.45, 7) is 5.59. The van der Waals surface area contributed by atoms with Crippen LogP contribution < -0.4 is 10.1 Å². The lowest BCUT2D eigenvalue weighted by atomic mass is 10.1. The van der Waals surface area contributed by atoms with Crippen molar-refractivity contribution in [3.63, 3.8) is 0 Å². The van der Waals surface area contributed by atoms with Crippen molar-refractivity contribution in [3.05, 3.63) is 59.7 Å². The predicted molar refractivity (Wildman–Crippen MR) is 92.3 cm³/mol. The third-order valence-corrected chi connectivity index (χ3v) is 3.42. The number of para-hydroxylation sites is 1. The summed E-state index contributed by atoms with van der Waals surface area (Å²) >= 11 is 0. The van der Waals surface area contributed by atoms with Crippen LogP contribution in [0.4, 0.5) is 5.69 Å². The lowest BCUT2D eigenvalue weighted by Crippen LogP contribution is -2.30. The zero-order valence-corrected chi connectivity index (χ0v) is 14.0. The first-order valence-corrected chi connectivity index (χ1v) is 7.81. The summed E-state index contributed by atoms with van der Waals surface area (Å²) in [7, 11) is 0. The van der Waals surface area contributed by atoms with Gasteiger partial charge in [-0.05, 0) is 56.7 Å². The highest BCUT2D eigenvalue weighted by molar-refractivity contribution is 5.96. The Kier molecular flexibility index (Phi) is 5.95. The highest BCUT2D eigenvalue weighted by atomic mass is 16.5. The summed E-state index contributed by atoms with van der Waals surface area (Å²) in [5, 5.41) is 2.81. The van der Waals surface area contributed by atoms with Crippen LogP contribution >= 0.6 is 0 Å². The molecule has 24 heavy (non-hydrogen) atoms. The fourth-order valence-electron chi connectivity index (χ4n) is 2.14. The number of aryl methyl sites for hydroxylation is 1. The van der Waals surface area contributed by atoms with E-state index in [0.29, 0.717) is 23.6 Å². The Morgan fingerprint density at radius 3 is 2.46 bits per heavy atom. The second kappa shape index (κ2) is 8.15. The normalized spacial score (nSPS) is 11.5. The van der Waals surface area contributed by atoms with Gasteiger partial charge in [-0.3, -0.25) is 4.79 Å². The molecule has 0 saturated carbocycles. The van der Waals surface area contributed by atoms with E-state index in [2.05, 4.69) is 5.32 Å². The zero-order valence-electron chi connectivity index (χ0n) is 14.0. The Morgan fingerprint density at radius 2 is 1.83 bits per heavy atom. The molecule has 0 aliphatic rings. The number of esters is 1. The van der Waals surface area contributed by atoms with Gasteiger partial charge in [0, 0.05) is 5.69 Å². The van der Waals surface area contributed by atoms with Crippen LogP contribution in [-0.4, -0.2) is 24.6 Å². The molecule has 0 aromatic heterocycles. The highest BCUT2D eigenvalue weighted by Gasteiger charge is 2.16. The van der Waals surface area contributed by atoms with Gasteiger partial charge in [0.2, 0.25) is 0 Å². The Balaban J connectivity index is 2.02. The Labute approximate surface area is 141 Å². The van der Waals surface area contributed by atoms with Crippen molar-refractivity contribution in [2.45, 2.75) is 26.9 Å². The van der Waals surface area contributed by atoms with Gasteiger partial charge in [-0.25, -0.2) is 4.79 Å². The zero-order chi connectivity index (χ0) is 17.5. The Hall–Kier alpha value is -2.82. The number of anilines is 1. The van der Waals surface area contributed by atoms with Crippen molar-refractivity contribution in [1.29, 1.82) is 0 Å². The minimum absolute atomic E-state index is 0.258. The van der Waals surface area contributed by atoms with Crippen LogP contribution in [0.1, 0.15) is 29.8 Å². The van der Waals surface area contributed by atoms with E-state index in [-0.39, 0.29) is 11.9 Å². The second-order valence-corrected chi connectivity index (χ2v) is 5.31. The molecule has 1 N–H and O–H groups in total. The molecule has 2 aromatic carbocycles. The third kappa shape index (κ3) is 4.59. The van der Waals surface area contributed by atoms with Gasteiger partial charge in [-0.15, -0.1) is 0 Å². The van der Waals surface area contributed by atoms with Gasteiger partial charge in [0.15, 0.2) is 6.10 Å². The molecule has 0 spiro atoms. The molecule has 5 heteroatoms. The van der Waals surface area contributed by atoms with Gasteiger partial charge in [0.05, 0.1) is 12.2 Å². The summed E-state index contributed by atoms with van der Waals surface area (Å²) < 4.78 is 10.6. The fraction of sp³-hybridized carbons (Fsp3) is 0.263. The van der Waals surface area contributed by atoms with E-state index in [9.17, 15) is 9.59 Å². The number of ether oxygens (including phenoxy) is 2. The number of amides is 1. The van der Waals surface area contributed by atoms with Crippen molar-refractivity contribution in [2.75, 3.05) is 11.9 Å². The lowest BCUT2D eigenvalue weighted by Gasteiger charge is -2.16. The highest BCUT2D eigenvalue weighted by Crippen LogP contribution is 2.18. The topological polar surface area (TPSA) is 64.6 Å². The fourth-order valence-corrected chi connectivity index (χ4v) is 2.14. The van der Waals surface area contributed by atoms with Gasteiger partial charge in [-0.2, -0.15) is 0 Å². The van der Waals surface area contributed by atoms with Crippen molar-refractivity contribution < 1.29 is 19.1 Å². The van der Waals surface area contributed by atoms with Crippen LogP contribution in [0.2, 0.25) is 0 Å². The first kappa shape index (κ1) is 17.5. The molecule has 0 aliphatic carbocycles. The third-order valence-electron chi connectivity index (χ3n) is 3.42. The molecule has 2 rings (SSSR count). The van der Waals surface area contributed by atoms with E-state index in [0.717, 1.165) is 5.56 Å². The number of carbonyl (C=O) groups is 2. The van der Waals surface area contributed by atoms with E-state index in [1.165, 1.54) is 0 Å². The summed E-state index contributed by atoms with van der Waals surface area (Å²) in [6, 6.07) is 14.2. The van der Waals surface area contributed by atoms with Crippen LogP contribution in [0.25, 0.3) is 0 Å². The maximum Gasteiger partial charge on any atom is 0.338 e. The monoisotopic (exact) mass is 327 g/mol. The molecule has 2 aromatic rings. The summed E-state index contributed by atoms with van der Waals surface area (Å²) in [6.07, 6.45) is -0.642. The van der Waals surface area contributed by atoms with E-state index in [4.69, 9.17) is 9.47 Å². The molecular weight excluding hydrogens is 306 g/mol. The molecule has 0 heterocycles. The molecule has 1 atom stereocenters. The standard InChI is InChI=1S/C19H21NO4/c1-4-23-19(22)15-10-11-17(13(2)12-15)20-18(21)14(3)24-16-8-6-5-7-9-16/h5-12,14H,4H2,1-3H3,(H,20,21). The van der Waals surface area contributed by atoms with E-state index in [1.807, 2.05) is 25.1 Å². The average molecular weight is 327 g/mol. The molecule has 1 unspecified atom stereocenters. The number of nitrogens with one attached hydrogen (secondary N) is 1. The van der Waals surface area contributed by atoms with E-state index < -0.39 is 6.10 Å². The minimum Gasteiger partial charge on any atom is -0.481 e. The number of hydrogen-bond acceptors (Lipinski definition) is 4. The van der Waals surface area contributed by atoms with Crippen LogP contribution in [0.5, 0.6) is 5.75 Å². The summed E-state index contributed by atoms with van der Waals surface area (Å²) in [5.41, 5.74) is 1.87. The van der Waals surface area contributed by atoms with Crippen LogP contribution in [0, 0.1) is 6.92 Å². The molecular formula is C19H21NO4. The van der Waals surface area contributed by atoms with E-state index >= 15 is 0 Å². The van der Waals surface area contributed by atoms with Gasteiger partial charge in [-0.1, -0.05) is 18.2 Å². The van der Waals surface area contributed by atoms with Crippen LogP contribution in [0.3, 0.4) is 0 Å². The molecule has 0 radical (unpaired) electrons. The molecule has 0 fully saturated rings. The largest absolute Gasteiger partial charge is 0.481 e. The van der Waals surface area contributed by atoms with Crippen molar-refractivity contribution in [3.8, 4) is 5.75 Å². The molecule has 126 valence electrons. The SMILES string of the molecule is CCOC(=O)c1ccc(NC(=O)C(C)Oc2ccccc2)c(C)c1. The van der Waals surface area contributed by atoms with E-state index in [1.54, 1.807) is 44.2 Å². The lowest BCUT2D eigenvalue weighted by molar-refractivity contribution is -0.122. The smallest absolute Gasteiger partial charge is 0.338 e. The summed E-state index contributed by atoms with van der Waals surface area (Å²) in [5.74, 6) is -0.000348. The molecule has 5 nitrogen and oxygen atoms in total. The van der Waals surface area contributed by atoms with Crippen molar-refractivity contribution in [1.82, 2.24) is 0 Å². The van der Waals surface area contributed by atoms with Crippen LogP contribution in [0.15, 0.2) is 48.5 Å². The second-order valence-electron chi connectivity index (χ2n) is 5.31. The Bertz CT molecular complexity index is 713. The van der Waals surface area contributed by atoms with Crippen LogP contribution in [-0.2, 0) is 9.53 Å².